The first-order valence-corrected chi connectivity index (χ1v) is 6.26. The number of nitrogens with zero attached hydrogens (tertiary/aromatic N) is 1. The molecule has 2 amide bonds. The fraction of sp³-hybridized carbons (Fsp3) is 0.750. The minimum absolute atomic E-state index is 0.0461. The molecule has 0 bridgehead atoms. The van der Waals surface area contributed by atoms with Crippen LogP contribution in [0.1, 0.15) is 25.7 Å². The zero-order chi connectivity index (χ0) is 13.3. The number of likely N-dealkylation sites (tertiary alicyclic amines) is 1. The highest BCUT2D eigenvalue weighted by molar-refractivity contribution is 5.86. The number of carboxylic acid groups (broad SMARTS) is 1. The van der Waals surface area contributed by atoms with Crippen LogP contribution in [0.3, 0.4) is 0 Å². The maximum atomic E-state index is 11.9. The quantitative estimate of drug-likeness (QED) is 0.732. The number of piperidine rings is 1. The Labute approximate surface area is 105 Å². The molecule has 18 heavy (non-hydrogen) atoms. The molecule has 3 unspecified atom stereocenters. The van der Waals surface area contributed by atoms with Crippen molar-refractivity contribution >= 4 is 17.8 Å². The molecule has 0 aromatic carbocycles. The number of hydrogen-bond donors (Lipinski definition) is 2. The predicted octanol–water partition coefficient (Wildman–Crippen LogP) is -0.166. The van der Waals surface area contributed by atoms with E-state index in [0.29, 0.717) is 32.2 Å². The summed E-state index contributed by atoms with van der Waals surface area (Å²) >= 11 is 0. The lowest BCUT2D eigenvalue weighted by Gasteiger charge is -2.35. The number of amides is 2. The van der Waals surface area contributed by atoms with E-state index in [2.05, 4.69) is 5.32 Å². The van der Waals surface area contributed by atoms with Crippen molar-refractivity contribution in [3.8, 4) is 0 Å². The number of carbonyl (C=O) groups is 3. The predicted molar refractivity (Wildman–Crippen MR) is 62.7 cm³/mol. The molecule has 1 heterocycles. The maximum absolute atomic E-state index is 11.9. The highest BCUT2D eigenvalue weighted by atomic mass is 16.4. The third-order valence-electron chi connectivity index (χ3n) is 3.90. The van der Waals surface area contributed by atoms with Crippen molar-refractivity contribution in [3.05, 3.63) is 0 Å². The molecule has 0 radical (unpaired) electrons. The molecule has 2 rings (SSSR count). The molecule has 1 saturated carbocycles. The molecule has 100 valence electrons. The third-order valence-corrected chi connectivity index (χ3v) is 3.90. The fourth-order valence-corrected chi connectivity index (χ4v) is 2.55. The van der Waals surface area contributed by atoms with Crippen molar-refractivity contribution in [2.75, 3.05) is 13.6 Å². The second kappa shape index (κ2) is 4.96. The second-order valence-electron chi connectivity index (χ2n) is 5.15. The zero-order valence-corrected chi connectivity index (χ0v) is 10.4. The number of hydrogen-bond acceptors (Lipinski definition) is 3. The van der Waals surface area contributed by atoms with Crippen LogP contribution in [-0.4, -0.2) is 47.4 Å². The number of aliphatic carboxylic acids is 1. The molecule has 2 fully saturated rings. The van der Waals surface area contributed by atoms with E-state index in [0.717, 1.165) is 0 Å². The van der Waals surface area contributed by atoms with E-state index in [4.69, 9.17) is 5.11 Å². The van der Waals surface area contributed by atoms with E-state index in [1.807, 2.05) is 0 Å². The average Bonchev–Trinajstić information content (AvgIpc) is 2.20. The maximum Gasteiger partial charge on any atom is 0.307 e. The zero-order valence-electron chi connectivity index (χ0n) is 10.4. The van der Waals surface area contributed by atoms with Crippen molar-refractivity contribution in [2.24, 2.45) is 11.8 Å². The summed E-state index contributed by atoms with van der Waals surface area (Å²) in [6.45, 7) is 0.509. The first-order valence-electron chi connectivity index (χ1n) is 6.26. The van der Waals surface area contributed by atoms with Crippen molar-refractivity contribution in [1.82, 2.24) is 10.2 Å². The van der Waals surface area contributed by atoms with Gasteiger partial charge in [-0.1, -0.05) is 0 Å². The summed E-state index contributed by atoms with van der Waals surface area (Å²) < 4.78 is 0. The van der Waals surface area contributed by atoms with Gasteiger partial charge in [-0.3, -0.25) is 14.4 Å². The molecular weight excluding hydrogens is 236 g/mol. The summed E-state index contributed by atoms with van der Waals surface area (Å²) in [4.78, 5) is 35.7. The Morgan fingerprint density at radius 1 is 1.28 bits per heavy atom. The molecule has 0 spiro atoms. The summed E-state index contributed by atoms with van der Waals surface area (Å²) in [5.41, 5.74) is 0. The Bertz CT molecular complexity index is 382. The van der Waals surface area contributed by atoms with Gasteiger partial charge in [-0.05, 0) is 19.3 Å². The Morgan fingerprint density at radius 3 is 2.44 bits per heavy atom. The van der Waals surface area contributed by atoms with Crippen LogP contribution in [0.4, 0.5) is 0 Å². The largest absolute Gasteiger partial charge is 0.481 e. The number of carboxylic acids is 1. The van der Waals surface area contributed by atoms with E-state index in [1.54, 1.807) is 11.9 Å². The topological polar surface area (TPSA) is 86.7 Å². The van der Waals surface area contributed by atoms with Gasteiger partial charge < -0.3 is 15.3 Å². The van der Waals surface area contributed by atoms with Crippen LogP contribution >= 0.6 is 0 Å². The molecule has 2 N–H and O–H groups in total. The Hall–Kier alpha value is -1.59. The van der Waals surface area contributed by atoms with Crippen LogP contribution in [0.2, 0.25) is 0 Å². The van der Waals surface area contributed by atoms with Crippen LogP contribution < -0.4 is 5.32 Å². The third kappa shape index (κ3) is 2.47. The lowest BCUT2D eigenvalue weighted by molar-refractivity contribution is -0.153. The highest BCUT2D eigenvalue weighted by Crippen LogP contribution is 2.34. The van der Waals surface area contributed by atoms with Gasteiger partial charge in [-0.2, -0.15) is 0 Å². The number of nitrogens with one attached hydrogen (secondary N) is 1. The van der Waals surface area contributed by atoms with Gasteiger partial charge in [0, 0.05) is 26.1 Å². The average molecular weight is 254 g/mol. The lowest BCUT2D eigenvalue weighted by atomic mass is 9.73. The molecule has 3 atom stereocenters. The second-order valence-corrected chi connectivity index (χ2v) is 5.15. The van der Waals surface area contributed by atoms with Gasteiger partial charge >= 0.3 is 5.97 Å². The van der Waals surface area contributed by atoms with E-state index < -0.39 is 17.8 Å². The summed E-state index contributed by atoms with van der Waals surface area (Å²) in [6.07, 6.45) is 2.30. The van der Waals surface area contributed by atoms with E-state index >= 15 is 0 Å². The summed E-state index contributed by atoms with van der Waals surface area (Å²) in [6, 6.07) is -0.0461. The van der Waals surface area contributed by atoms with Gasteiger partial charge in [-0.15, -0.1) is 0 Å². The van der Waals surface area contributed by atoms with Crippen LogP contribution in [0.25, 0.3) is 0 Å². The Kier molecular flexibility index (Phi) is 3.54. The highest BCUT2D eigenvalue weighted by Gasteiger charge is 2.42. The minimum Gasteiger partial charge on any atom is -0.481 e. The van der Waals surface area contributed by atoms with Crippen molar-refractivity contribution < 1.29 is 19.5 Å². The van der Waals surface area contributed by atoms with E-state index in [-0.39, 0.29) is 17.9 Å². The molecule has 0 aromatic heterocycles. The minimum atomic E-state index is -0.891. The molecule has 6 nitrogen and oxygen atoms in total. The molecule has 1 aliphatic heterocycles. The number of carbonyl (C=O) groups excluding carboxylic acids is 2. The standard InChI is InChI=1S/C12H18N2O4/c1-14-6-7(2-5-10(14)15)13-11(16)8-3-4-9(8)12(17)18/h7-9H,2-6H2,1H3,(H,13,16)(H,17,18). The van der Waals surface area contributed by atoms with Gasteiger partial charge in [0.2, 0.25) is 11.8 Å². The Balaban J connectivity index is 1.85. The molecule has 6 heteroatoms. The van der Waals surface area contributed by atoms with Crippen LogP contribution in [-0.2, 0) is 14.4 Å². The van der Waals surface area contributed by atoms with Crippen molar-refractivity contribution in [1.29, 1.82) is 0 Å². The molecule has 2 aliphatic rings. The monoisotopic (exact) mass is 254 g/mol. The lowest BCUT2D eigenvalue weighted by Crippen LogP contribution is -2.52. The Morgan fingerprint density at radius 2 is 1.94 bits per heavy atom. The SMILES string of the molecule is CN1CC(NC(=O)C2CCC2C(=O)O)CCC1=O. The smallest absolute Gasteiger partial charge is 0.307 e. The van der Waals surface area contributed by atoms with Crippen LogP contribution in [0, 0.1) is 11.8 Å². The number of likely N-dealkylation sites (N-methyl/N-ethyl adjacent to an activating group) is 1. The first-order chi connectivity index (χ1) is 8.49. The molecular formula is C12H18N2O4. The van der Waals surface area contributed by atoms with Gasteiger partial charge in [0.1, 0.15) is 0 Å². The van der Waals surface area contributed by atoms with Crippen LogP contribution in [0.15, 0.2) is 0 Å². The first kappa shape index (κ1) is 12.9. The molecule has 1 saturated heterocycles. The van der Waals surface area contributed by atoms with E-state index in [9.17, 15) is 14.4 Å². The summed E-state index contributed by atoms with van der Waals surface area (Å²) in [5, 5.41) is 11.8. The van der Waals surface area contributed by atoms with Gasteiger partial charge in [0.15, 0.2) is 0 Å². The van der Waals surface area contributed by atoms with Gasteiger partial charge in [0.25, 0.3) is 0 Å². The number of rotatable bonds is 3. The van der Waals surface area contributed by atoms with Gasteiger partial charge in [-0.25, -0.2) is 0 Å². The molecule has 1 aliphatic carbocycles. The van der Waals surface area contributed by atoms with Crippen molar-refractivity contribution in [3.63, 3.8) is 0 Å². The fourth-order valence-electron chi connectivity index (χ4n) is 2.55. The molecule has 0 aromatic rings. The summed E-state index contributed by atoms with van der Waals surface area (Å²) in [5.74, 6) is -1.91. The normalized spacial score (nSPS) is 31.7. The van der Waals surface area contributed by atoms with Gasteiger partial charge in [0.05, 0.1) is 11.8 Å². The van der Waals surface area contributed by atoms with E-state index in [1.165, 1.54) is 0 Å². The van der Waals surface area contributed by atoms with Crippen molar-refractivity contribution in [2.45, 2.75) is 31.7 Å². The van der Waals surface area contributed by atoms with Crippen LogP contribution in [0.5, 0.6) is 0 Å². The summed E-state index contributed by atoms with van der Waals surface area (Å²) in [7, 11) is 1.71.